The van der Waals surface area contributed by atoms with Crippen molar-refractivity contribution in [3.8, 4) is 11.1 Å². The van der Waals surface area contributed by atoms with Crippen LogP contribution in [-0.2, 0) is 0 Å². The fourth-order valence-corrected chi connectivity index (χ4v) is 3.62. The summed E-state index contributed by atoms with van der Waals surface area (Å²) in [6, 6.07) is 4.25. The van der Waals surface area contributed by atoms with E-state index in [2.05, 4.69) is 15.4 Å². The van der Waals surface area contributed by atoms with E-state index in [1.807, 2.05) is 0 Å². The number of nitrogens with zero attached hydrogens (tertiary/aromatic N) is 3. The number of primary amides is 1. The second-order valence-corrected chi connectivity index (χ2v) is 7.09. The second-order valence-electron chi connectivity index (χ2n) is 7.09. The summed E-state index contributed by atoms with van der Waals surface area (Å²) in [5, 5.41) is 7.41. The monoisotopic (exact) mass is 371 g/mol. The average Bonchev–Trinajstić information content (AvgIpc) is 3.19. The van der Waals surface area contributed by atoms with E-state index in [1.165, 1.54) is 18.5 Å². The number of rotatable bonds is 4. The van der Waals surface area contributed by atoms with Crippen molar-refractivity contribution >= 4 is 17.1 Å². The highest BCUT2D eigenvalue weighted by Gasteiger charge is 2.39. The van der Waals surface area contributed by atoms with Crippen molar-refractivity contribution in [1.29, 1.82) is 0 Å². The molecule has 27 heavy (non-hydrogen) atoms. The number of amides is 1. The first-order chi connectivity index (χ1) is 12.8. The normalized spacial score (nSPS) is 22.3. The molecule has 1 aliphatic carbocycles. The third-order valence-corrected chi connectivity index (χ3v) is 5.17. The molecule has 0 radical (unpaired) electrons. The predicted molar refractivity (Wildman–Crippen MR) is 97.7 cm³/mol. The second kappa shape index (κ2) is 6.29. The quantitative estimate of drug-likeness (QED) is 0.689. The van der Waals surface area contributed by atoms with Crippen LogP contribution >= 0.6 is 0 Å². The first-order valence-electron chi connectivity index (χ1n) is 8.74. The number of halogens is 2. The Balaban J connectivity index is 1.82. The van der Waals surface area contributed by atoms with Gasteiger partial charge in [-0.1, -0.05) is 0 Å². The predicted octanol–water partition coefficient (Wildman–Crippen LogP) is 3.33. The van der Waals surface area contributed by atoms with Crippen molar-refractivity contribution in [3.63, 3.8) is 0 Å². The Bertz CT molecular complexity index is 1010. The van der Waals surface area contributed by atoms with Gasteiger partial charge in [0.1, 0.15) is 5.67 Å². The van der Waals surface area contributed by atoms with Crippen LogP contribution in [0.3, 0.4) is 0 Å². The number of hydrogen-bond acceptors (Lipinski definition) is 4. The Labute approximate surface area is 154 Å². The van der Waals surface area contributed by atoms with Gasteiger partial charge in [-0.15, -0.1) is 0 Å². The van der Waals surface area contributed by atoms with Gasteiger partial charge in [-0.05, 0) is 44.4 Å². The van der Waals surface area contributed by atoms with Gasteiger partial charge in [0.2, 0.25) is 5.95 Å². The number of carbonyl (C=O) groups is 1. The zero-order chi connectivity index (χ0) is 19.2. The fraction of sp³-hybridized carbons (Fsp3) is 0.316. The van der Waals surface area contributed by atoms with Crippen molar-refractivity contribution < 1.29 is 13.6 Å². The minimum Gasteiger partial charge on any atom is -0.377 e. The van der Waals surface area contributed by atoms with E-state index in [4.69, 9.17) is 5.73 Å². The van der Waals surface area contributed by atoms with Gasteiger partial charge in [-0.2, -0.15) is 9.49 Å². The lowest BCUT2D eigenvalue weighted by molar-refractivity contribution is 0.1000. The molecule has 3 heterocycles. The van der Waals surface area contributed by atoms with Crippen LogP contribution in [0.1, 0.15) is 36.5 Å². The smallest absolute Gasteiger partial charge is 0.252 e. The molecule has 6 nitrogen and oxygen atoms in total. The van der Waals surface area contributed by atoms with Gasteiger partial charge in [0.05, 0.1) is 29.0 Å². The largest absolute Gasteiger partial charge is 0.377 e. The minimum atomic E-state index is -1.37. The summed E-state index contributed by atoms with van der Waals surface area (Å²) in [6.07, 6.45) is 6.42. The van der Waals surface area contributed by atoms with Crippen LogP contribution in [0.15, 0.2) is 36.8 Å². The van der Waals surface area contributed by atoms with Gasteiger partial charge in [0, 0.05) is 23.5 Å². The molecular formula is C19H19F2N5O. The van der Waals surface area contributed by atoms with Crippen molar-refractivity contribution in [2.24, 2.45) is 5.73 Å². The number of fused-ring (bicyclic) bond motifs is 1. The summed E-state index contributed by atoms with van der Waals surface area (Å²) in [7, 11) is 0. The van der Waals surface area contributed by atoms with E-state index in [-0.39, 0.29) is 5.56 Å². The van der Waals surface area contributed by atoms with Gasteiger partial charge in [-0.25, -0.2) is 13.9 Å². The fourth-order valence-electron chi connectivity index (χ4n) is 3.62. The molecule has 2 atom stereocenters. The van der Waals surface area contributed by atoms with Crippen LogP contribution in [0.4, 0.5) is 14.5 Å². The van der Waals surface area contributed by atoms with Gasteiger partial charge < -0.3 is 11.1 Å². The first kappa shape index (κ1) is 17.4. The van der Waals surface area contributed by atoms with E-state index in [9.17, 15) is 13.6 Å². The molecule has 0 bridgehead atoms. The number of aromatic nitrogens is 3. The number of nitrogens with one attached hydrogen (secondary N) is 1. The molecule has 3 aromatic rings. The van der Waals surface area contributed by atoms with Crippen LogP contribution < -0.4 is 11.1 Å². The Morgan fingerprint density at radius 2 is 2.19 bits per heavy atom. The Morgan fingerprint density at radius 1 is 1.37 bits per heavy atom. The van der Waals surface area contributed by atoms with Crippen LogP contribution in [0.25, 0.3) is 16.6 Å². The summed E-state index contributed by atoms with van der Waals surface area (Å²) >= 11 is 0. The van der Waals surface area contributed by atoms with Crippen molar-refractivity contribution in [2.45, 2.75) is 37.9 Å². The molecular weight excluding hydrogens is 352 g/mol. The van der Waals surface area contributed by atoms with Crippen molar-refractivity contribution in [3.05, 3.63) is 48.3 Å². The lowest BCUT2D eigenvalue weighted by atomic mass is 10.0. The van der Waals surface area contributed by atoms with E-state index in [1.54, 1.807) is 29.8 Å². The molecule has 8 heteroatoms. The van der Waals surface area contributed by atoms with Crippen LogP contribution in [0.2, 0.25) is 0 Å². The molecule has 0 unspecified atom stereocenters. The van der Waals surface area contributed by atoms with E-state index >= 15 is 0 Å². The van der Waals surface area contributed by atoms with Crippen LogP contribution in [0, 0.1) is 5.95 Å². The van der Waals surface area contributed by atoms with Gasteiger partial charge >= 0.3 is 0 Å². The summed E-state index contributed by atoms with van der Waals surface area (Å²) in [4.78, 5) is 15.6. The highest BCUT2D eigenvalue weighted by Crippen LogP contribution is 2.37. The van der Waals surface area contributed by atoms with Crippen LogP contribution in [-0.4, -0.2) is 32.2 Å². The maximum atomic E-state index is 14.8. The molecule has 1 fully saturated rings. The lowest BCUT2D eigenvalue weighted by Crippen LogP contribution is -2.36. The number of anilines is 1. The Kier molecular flexibility index (Phi) is 4.05. The molecule has 0 spiro atoms. The summed E-state index contributed by atoms with van der Waals surface area (Å²) in [5.74, 6) is -1.21. The minimum absolute atomic E-state index is 0.201. The highest BCUT2D eigenvalue weighted by atomic mass is 19.1. The third kappa shape index (κ3) is 3.11. The van der Waals surface area contributed by atoms with Crippen LogP contribution in [0.5, 0.6) is 0 Å². The zero-order valence-corrected chi connectivity index (χ0v) is 14.7. The molecule has 0 saturated heterocycles. The maximum Gasteiger partial charge on any atom is 0.252 e. The molecule has 0 aliphatic heterocycles. The van der Waals surface area contributed by atoms with E-state index in [0.717, 1.165) is 12.0 Å². The number of alkyl halides is 1. The molecule has 1 saturated carbocycles. The zero-order valence-electron chi connectivity index (χ0n) is 14.7. The number of carbonyl (C=O) groups excluding carboxylic acids is 1. The number of pyridine rings is 1. The molecule has 0 aromatic carbocycles. The van der Waals surface area contributed by atoms with Gasteiger partial charge in [0.25, 0.3) is 5.91 Å². The number of nitrogens with two attached hydrogens (primary N) is 1. The molecule has 1 aliphatic rings. The van der Waals surface area contributed by atoms with Gasteiger partial charge in [-0.3, -0.25) is 4.79 Å². The third-order valence-electron chi connectivity index (χ3n) is 5.17. The molecule has 1 amide bonds. The molecule has 140 valence electrons. The Hall–Kier alpha value is -3.03. The summed E-state index contributed by atoms with van der Waals surface area (Å²) < 4.78 is 29.4. The average molecular weight is 371 g/mol. The molecule has 3 aromatic heterocycles. The molecule has 3 N–H and O–H groups in total. The van der Waals surface area contributed by atoms with E-state index in [0.29, 0.717) is 29.6 Å². The van der Waals surface area contributed by atoms with Crippen molar-refractivity contribution in [2.75, 3.05) is 5.32 Å². The first-order valence-corrected chi connectivity index (χ1v) is 8.74. The standard InChI is InChI=1S/C19H19F2N5O/c1-19(21)6-2-3-15(19)25-17-13(18(22)27)9-24-26-10-12(7-14(17)26)11-4-5-16(20)23-8-11/h4-5,7-10,15,25H,2-3,6H2,1H3,(H2,22,27)/t15-,19+/m1/s1. The topological polar surface area (TPSA) is 85.3 Å². The number of hydrogen-bond donors (Lipinski definition) is 2. The Morgan fingerprint density at radius 3 is 2.81 bits per heavy atom. The lowest BCUT2D eigenvalue weighted by Gasteiger charge is -2.26. The molecule has 4 rings (SSSR count). The summed E-state index contributed by atoms with van der Waals surface area (Å²) in [6.45, 7) is 1.56. The maximum absolute atomic E-state index is 14.8. The highest BCUT2D eigenvalue weighted by molar-refractivity contribution is 6.02. The van der Waals surface area contributed by atoms with E-state index < -0.39 is 23.6 Å². The van der Waals surface area contributed by atoms with Crippen molar-refractivity contribution in [1.82, 2.24) is 14.6 Å². The summed E-state index contributed by atoms with van der Waals surface area (Å²) in [5.41, 5.74) is 6.83. The van der Waals surface area contributed by atoms with Gasteiger partial charge in [0.15, 0.2) is 0 Å². The SMILES string of the molecule is C[C@]1(F)CCC[C@H]1Nc1c(C(N)=O)cnn2cc(-c3ccc(F)nc3)cc12.